The van der Waals surface area contributed by atoms with E-state index in [4.69, 9.17) is 10.5 Å². The fourth-order valence-electron chi connectivity index (χ4n) is 2.06. The summed E-state index contributed by atoms with van der Waals surface area (Å²) in [5.74, 6) is 0.843. The minimum absolute atomic E-state index is 0. The molecule has 1 atom stereocenters. The Kier molecular flexibility index (Phi) is 6.55. The van der Waals surface area contributed by atoms with Gasteiger partial charge in [0.15, 0.2) is 0 Å². The molecule has 1 aromatic carbocycles. The molecule has 2 aromatic rings. The number of methoxy groups -OCH3 is 1. The van der Waals surface area contributed by atoms with Gasteiger partial charge in [0.2, 0.25) is 0 Å². The quantitative estimate of drug-likeness (QED) is 0.804. The van der Waals surface area contributed by atoms with E-state index in [1.165, 1.54) is 0 Å². The van der Waals surface area contributed by atoms with Crippen molar-refractivity contribution >= 4 is 29.0 Å². The minimum Gasteiger partial charge on any atom is -0.497 e. The van der Waals surface area contributed by atoms with Crippen molar-refractivity contribution in [1.29, 1.82) is 0 Å². The van der Waals surface area contributed by atoms with Gasteiger partial charge in [-0.15, -0.1) is 12.4 Å². The first-order chi connectivity index (χ1) is 9.20. The van der Waals surface area contributed by atoms with Crippen molar-refractivity contribution in [3.8, 4) is 5.75 Å². The highest BCUT2D eigenvalue weighted by molar-refractivity contribution is 5.91. The third kappa shape index (κ3) is 4.25. The monoisotopic (exact) mass is 295 g/mol. The molecule has 4 nitrogen and oxygen atoms in total. The van der Waals surface area contributed by atoms with E-state index in [2.05, 4.69) is 10.3 Å². The van der Waals surface area contributed by atoms with E-state index >= 15 is 0 Å². The maximum Gasteiger partial charge on any atom is 0.121 e. The molecule has 5 heteroatoms. The second-order valence-corrected chi connectivity index (χ2v) is 4.80. The number of nitrogens with one attached hydrogen (secondary N) is 1. The number of anilines is 1. The lowest BCUT2D eigenvalue weighted by Crippen LogP contribution is -2.16. The van der Waals surface area contributed by atoms with E-state index in [0.717, 1.165) is 41.7 Å². The average Bonchev–Trinajstić information content (AvgIpc) is 2.42. The third-order valence-electron chi connectivity index (χ3n) is 3.07. The number of benzene rings is 1. The Bertz CT molecular complexity index is 546. The Balaban J connectivity index is 0.00000200. The first kappa shape index (κ1) is 16.5. The van der Waals surface area contributed by atoms with Crippen LogP contribution in [0.15, 0.2) is 30.5 Å². The van der Waals surface area contributed by atoms with Crippen molar-refractivity contribution in [3.05, 3.63) is 30.5 Å². The largest absolute Gasteiger partial charge is 0.497 e. The number of hydrogen-bond acceptors (Lipinski definition) is 4. The number of ether oxygens (including phenoxy) is 1. The second kappa shape index (κ2) is 7.92. The van der Waals surface area contributed by atoms with E-state index in [9.17, 15) is 0 Å². The van der Waals surface area contributed by atoms with Gasteiger partial charge >= 0.3 is 0 Å². The Hall–Kier alpha value is -1.52. The fourth-order valence-corrected chi connectivity index (χ4v) is 2.06. The number of pyridine rings is 1. The minimum atomic E-state index is 0. The molecule has 0 amide bonds. The third-order valence-corrected chi connectivity index (χ3v) is 3.07. The molecule has 1 unspecified atom stereocenters. The molecule has 20 heavy (non-hydrogen) atoms. The summed E-state index contributed by atoms with van der Waals surface area (Å²) < 4.78 is 5.32. The molecule has 1 aromatic heterocycles. The lowest BCUT2D eigenvalue weighted by Gasteiger charge is -2.12. The van der Waals surface area contributed by atoms with Crippen LogP contribution >= 0.6 is 12.4 Å². The normalized spacial score (nSPS) is 11.8. The van der Waals surface area contributed by atoms with Gasteiger partial charge in [-0.2, -0.15) is 0 Å². The highest BCUT2D eigenvalue weighted by Crippen LogP contribution is 2.27. The van der Waals surface area contributed by atoms with E-state index in [-0.39, 0.29) is 18.4 Å². The predicted molar refractivity (Wildman–Crippen MR) is 86.9 cm³/mol. The summed E-state index contributed by atoms with van der Waals surface area (Å²) in [5.41, 5.74) is 7.74. The zero-order valence-electron chi connectivity index (χ0n) is 11.9. The molecule has 0 aliphatic carbocycles. The smallest absolute Gasteiger partial charge is 0.121 e. The fraction of sp³-hybridized carbons (Fsp3) is 0.400. The first-order valence-electron chi connectivity index (χ1n) is 6.63. The molecule has 3 N–H and O–H groups in total. The second-order valence-electron chi connectivity index (χ2n) is 4.80. The molecule has 0 spiro atoms. The number of fused-ring (bicyclic) bond motifs is 1. The van der Waals surface area contributed by atoms with Crippen molar-refractivity contribution in [2.45, 2.75) is 25.8 Å². The van der Waals surface area contributed by atoms with Crippen molar-refractivity contribution < 1.29 is 4.74 Å². The van der Waals surface area contributed by atoms with E-state index in [1.54, 1.807) is 7.11 Å². The van der Waals surface area contributed by atoms with Gasteiger partial charge in [-0.1, -0.05) is 6.07 Å². The zero-order valence-corrected chi connectivity index (χ0v) is 12.7. The Morgan fingerprint density at radius 1 is 1.40 bits per heavy atom. The topological polar surface area (TPSA) is 60.2 Å². The summed E-state index contributed by atoms with van der Waals surface area (Å²) in [6, 6.07) is 8.21. The molecule has 0 bridgehead atoms. The van der Waals surface area contributed by atoms with Gasteiger partial charge in [-0.25, -0.2) is 0 Å². The lowest BCUT2D eigenvalue weighted by atomic mass is 10.1. The van der Waals surface area contributed by atoms with Crippen molar-refractivity contribution in [2.24, 2.45) is 5.73 Å². The van der Waals surface area contributed by atoms with Crippen molar-refractivity contribution in [2.75, 3.05) is 19.0 Å². The van der Waals surface area contributed by atoms with Gasteiger partial charge in [-0.05, 0) is 31.9 Å². The van der Waals surface area contributed by atoms with Crippen LogP contribution in [0.2, 0.25) is 0 Å². The molecule has 1 heterocycles. The van der Waals surface area contributed by atoms with Crippen LogP contribution in [0.1, 0.15) is 19.8 Å². The van der Waals surface area contributed by atoms with Crippen LogP contribution in [0, 0.1) is 0 Å². The molecule has 0 saturated carbocycles. The number of nitrogens with zero attached hydrogens (tertiary/aromatic N) is 1. The van der Waals surface area contributed by atoms with Crippen LogP contribution < -0.4 is 15.8 Å². The Labute approximate surface area is 126 Å². The Morgan fingerprint density at radius 2 is 2.20 bits per heavy atom. The molecule has 0 radical (unpaired) electrons. The van der Waals surface area contributed by atoms with Crippen molar-refractivity contribution in [3.63, 3.8) is 0 Å². The maximum absolute atomic E-state index is 5.75. The molecule has 0 aliphatic heterocycles. The van der Waals surface area contributed by atoms with Gasteiger partial charge in [0.05, 0.1) is 18.3 Å². The number of nitrogens with two attached hydrogens (primary N) is 1. The van der Waals surface area contributed by atoms with Crippen molar-refractivity contribution in [1.82, 2.24) is 4.98 Å². The molecular weight excluding hydrogens is 274 g/mol. The maximum atomic E-state index is 5.75. The highest BCUT2D eigenvalue weighted by atomic mass is 35.5. The molecule has 0 fully saturated rings. The standard InChI is InChI=1S/C15H21N3O.ClH/c1-11(16)5-3-7-17-14-10-13(19-2)9-12-6-4-8-18-15(12)14;/h4,6,8-11,17H,3,5,7,16H2,1-2H3;1H. The number of aromatic nitrogens is 1. The molecular formula is C15H22ClN3O. The van der Waals surface area contributed by atoms with Gasteiger partial charge in [0.1, 0.15) is 5.75 Å². The Morgan fingerprint density at radius 3 is 2.90 bits per heavy atom. The van der Waals surface area contributed by atoms with E-state index < -0.39 is 0 Å². The predicted octanol–water partition coefficient (Wildman–Crippen LogP) is 3.20. The van der Waals surface area contributed by atoms with Crippen LogP contribution in [0.4, 0.5) is 5.69 Å². The van der Waals surface area contributed by atoms with E-state index in [1.807, 2.05) is 37.4 Å². The van der Waals surface area contributed by atoms with Gasteiger partial charge < -0.3 is 15.8 Å². The van der Waals surface area contributed by atoms with Crippen LogP contribution in [-0.2, 0) is 0 Å². The number of rotatable bonds is 6. The van der Waals surface area contributed by atoms with Gasteiger partial charge in [-0.3, -0.25) is 4.98 Å². The average molecular weight is 296 g/mol. The van der Waals surface area contributed by atoms with Crippen LogP contribution in [0.25, 0.3) is 10.9 Å². The summed E-state index contributed by atoms with van der Waals surface area (Å²) in [7, 11) is 1.68. The molecule has 110 valence electrons. The van der Waals surface area contributed by atoms with Gasteiger partial charge in [0.25, 0.3) is 0 Å². The summed E-state index contributed by atoms with van der Waals surface area (Å²) in [5, 5.41) is 4.50. The summed E-state index contributed by atoms with van der Waals surface area (Å²) in [6.45, 7) is 2.92. The molecule has 0 saturated heterocycles. The summed E-state index contributed by atoms with van der Waals surface area (Å²) in [6.07, 6.45) is 3.87. The van der Waals surface area contributed by atoms with Crippen LogP contribution in [0.5, 0.6) is 5.75 Å². The van der Waals surface area contributed by atoms with Gasteiger partial charge in [0, 0.05) is 30.2 Å². The zero-order chi connectivity index (χ0) is 13.7. The number of hydrogen-bond donors (Lipinski definition) is 2. The first-order valence-corrected chi connectivity index (χ1v) is 6.63. The molecule has 0 aliphatic rings. The van der Waals surface area contributed by atoms with Crippen LogP contribution in [-0.4, -0.2) is 24.7 Å². The number of halogens is 1. The summed E-state index contributed by atoms with van der Waals surface area (Å²) in [4.78, 5) is 4.43. The molecule has 2 rings (SSSR count). The SMILES string of the molecule is COc1cc(NCCCC(C)N)c2ncccc2c1.Cl. The van der Waals surface area contributed by atoms with Crippen LogP contribution in [0.3, 0.4) is 0 Å². The highest BCUT2D eigenvalue weighted by Gasteiger charge is 2.05. The summed E-state index contributed by atoms with van der Waals surface area (Å²) >= 11 is 0. The lowest BCUT2D eigenvalue weighted by molar-refractivity contribution is 0.415. The van der Waals surface area contributed by atoms with E-state index in [0.29, 0.717) is 0 Å².